The molecule has 25 heavy (non-hydrogen) atoms. The molecule has 0 saturated carbocycles. The smallest absolute Gasteiger partial charge is 0.237 e. The number of carbonyl (C=O) groups is 1. The highest BCUT2D eigenvalue weighted by molar-refractivity contribution is 8.00. The van der Waals surface area contributed by atoms with Crippen molar-refractivity contribution in [1.82, 2.24) is 9.97 Å². The number of nitrogens with one attached hydrogen (secondary N) is 1. The van der Waals surface area contributed by atoms with Crippen molar-refractivity contribution in [3.8, 4) is 5.75 Å². The van der Waals surface area contributed by atoms with Gasteiger partial charge in [0.1, 0.15) is 16.6 Å². The van der Waals surface area contributed by atoms with Gasteiger partial charge in [-0.1, -0.05) is 36.0 Å². The number of anilines is 1. The van der Waals surface area contributed by atoms with Gasteiger partial charge in [-0.2, -0.15) is 0 Å². The second-order valence-corrected chi connectivity index (χ2v) is 6.90. The van der Waals surface area contributed by atoms with Crippen LogP contribution in [0.2, 0.25) is 0 Å². The number of carbonyl (C=O) groups excluding carboxylic acids is 1. The molecule has 1 N–H and O–H groups in total. The van der Waals surface area contributed by atoms with E-state index in [1.54, 1.807) is 13.2 Å². The number of nitrogens with zero attached hydrogens (tertiary/aromatic N) is 2. The number of thioether (sulfide) groups is 1. The molecule has 5 nitrogen and oxygen atoms in total. The highest BCUT2D eigenvalue weighted by atomic mass is 32.2. The van der Waals surface area contributed by atoms with E-state index in [0.717, 1.165) is 15.9 Å². The van der Waals surface area contributed by atoms with E-state index in [1.807, 2.05) is 56.3 Å². The van der Waals surface area contributed by atoms with E-state index in [-0.39, 0.29) is 11.2 Å². The molecule has 3 rings (SSSR count). The minimum atomic E-state index is -0.302. The summed E-state index contributed by atoms with van der Waals surface area (Å²) in [6.07, 6.45) is 0. The number of benzene rings is 2. The van der Waals surface area contributed by atoms with Crippen LogP contribution in [0.3, 0.4) is 0 Å². The van der Waals surface area contributed by atoms with E-state index in [1.165, 1.54) is 11.8 Å². The maximum atomic E-state index is 12.5. The summed E-state index contributed by atoms with van der Waals surface area (Å²) in [5.41, 5.74) is 1.60. The summed E-state index contributed by atoms with van der Waals surface area (Å²) in [6, 6.07) is 15.1. The normalized spacial score (nSPS) is 12.0. The fourth-order valence-corrected chi connectivity index (χ4v) is 3.40. The summed E-state index contributed by atoms with van der Waals surface area (Å²) in [6.45, 7) is 3.73. The number of aryl methyl sites for hydroxylation is 1. The summed E-state index contributed by atoms with van der Waals surface area (Å²) in [5.74, 6) is 1.32. The number of hydrogen-bond donors (Lipinski definition) is 1. The predicted molar refractivity (Wildman–Crippen MR) is 101 cm³/mol. The van der Waals surface area contributed by atoms with Crippen molar-refractivity contribution in [2.45, 2.75) is 24.1 Å². The van der Waals surface area contributed by atoms with Gasteiger partial charge < -0.3 is 10.1 Å². The van der Waals surface area contributed by atoms with Crippen molar-refractivity contribution in [3.63, 3.8) is 0 Å². The first-order chi connectivity index (χ1) is 12.1. The molecule has 0 aliphatic carbocycles. The Labute approximate surface area is 150 Å². The van der Waals surface area contributed by atoms with Crippen LogP contribution >= 0.6 is 11.8 Å². The van der Waals surface area contributed by atoms with Crippen molar-refractivity contribution in [1.29, 1.82) is 0 Å². The Morgan fingerprint density at radius 3 is 2.76 bits per heavy atom. The number of hydrogen-bond acceptors (Lipinski definition) is 5. The molecule has 0 aliphatic heterocycles. The molecule has 128 valence electrons. The SMILES string of the molecule is COc1cccc(NC(=O)[C@H](C)Sc2nc(C)nc3ccccc23)c1. The second-order valence-electron chi connectivity index (χ2n) is 5.57. The zero-order valence-corrected chi connectivity index (χ0v) is 15.1. The van der Waals surface area contributed by atoms with E-state index in [4.69, 9.17) is 4.74 Å². The Hall–Kier alpha value is -2.60. The Kier molecular flexibility index (Phi) is 5.19. The number of fused-ring (bicyclic) bond motifs is 1. The third kappa shape index (κ3) is 4.09. The molecule has 0 spiro atoms. The Bertz CT molecular complexity index is 914. The van der Waals surface area contributed by atoms with Gasteiger partial charge in [-0.3, -0.25) is 4.79 Å². The molecule has 3 aromatic rings. The third-order valence-electron chi connectivity index (χ3n) is 3.67. The molecule has 1 amide bonds. The van der Waals surface area contributed by atoms with Crippen LogP contribution < -0.4 is 10.1 Å². The molecule has 1 aromatic heterocycles. The van der Waals surface area contributed by atoms with Crippen LogP contribution in [0.5, 0.6) is 5.75 Å². The predicted octanol–water partition coefficient (Wildman–Crippen LogP) is 4.07. The summed E-state index contributed by atoms with van der Waals surface area (Å²) in [7, 11) is 1.60. The molecule has 1 atom stereocenters. The minimum absolute atomic E-state index is 0.0846. The zero-order chi connectivity index (χ0) is 17.8. The summed E-state index contributed by atoms with van der Waals surface area (Å²) in [4.78, 5) is 21.5. The number of rotatable bonds is 5. The van der Waals surface area contributed by atoms with E-state index in [0.29, 0.717) is 17.3 Å². The van der Waals surface area contributed by atoms with Crippen LogP contribution in [0, 0.1) is 6.92 Å². The van der Waals surface area contributed by atoms with Crippen LogP contribution in [-0.2, 0) is 4.79 Å². The topological polar surface area (TPSA) is 64.1 Å². The number of para-hydroxylation sites is 1. The number of aromatic nitrogens is 2. The van der Waals surface area contributed by atoms with Gasteiger partial charge in [0.2, 0.25) is 5.91 Å². The van der Waals surface area contributed by atoms with Crippen molar-refractivity contribution < 1.29 is 9.53 Å². The van der Waals surface area contributed by atoms with Gasteiger partial charge in [0.25, 0.3) is 0 Å². The van der Waals surface area contributed by atoms with Crippen molar-refractivity contribution in [2.75, 3.05) is 12.4 Å². The second kappa shape index (κ2) is 7.53. The van der Waals surface area contributed by atoms with Crippen molar-refractivity contribution in [3.05, 3.63) is 54.4 Å². The zero-order valence-electron chi connectivity index (χ0n) is 14.3. The highest BCUT2D eigenvalue weighted by Gasteiger charge is 2.17. The van der Waals surface area contributed by atoms with Gasteiger partial charge in [-0.15, -0.1) is 0 Å². The van der Waals surface area contributed by atoms with E-state index in [9.17, 15) is 4.79 Å². The van der Waals surface area contributed by atoms with Crippen LogP contribution in [0.1, 0.15) is 12.7 Å². The first-order valence-corrected chi connectivity index (χ1v) is 8.80. The number of amides is 1. The Balaban J connectivity index is 1.77. The fraction of sp³-hybridized carbons (Fsp3) is 0.211. The molecule has 0 unspecified atom stereocenters. The lowest BCUT2D eigenvalue weighted by Gasteiger charge is -2.13. The largest absolute Gasteiger partial charge is 0.497 e. The van der Waals surface area contributed by atoms with E-state index in [2.05, 4.69) is 15.3 Å². The van der Waals surface area contributed by atoms with Crippen molar-refractivity contribution >= 4 is 34.3 Å². The lowest BCUT2D eigenvalue weighted by atomic mass is 10.2. The lowest BCUT2D eigenvalue weighted by Crippen LogP contribution is -2.22. The van der Waals surface area contributed by atoms with E-state index >= 15 is 0 Å². The van der Waals surface area contributed by atoms with E-state index < -0.39 is 0 Å². The summed E-state index contributed by atoms with van der Waals surface area (Å²) >= 11 is 1.43. The van der Waals surface area contributed by atoms with Crippen LogP contribution in [0.4, 0.5) is 5.69 Å². The van der Waals surface area contributed by atoms with Crippen LogP contribution in [0.25, 0.3) is 10.9 Å². The van der Waals surface area contributed by atoms with Gasteiger partial charge >= 0.3 is 0 Å². The van der Waals surface area contributed by atoms with Gasteiger partial charge in [-0.25, -0.2) is 9.97 Å². The number of methoxy groups -OCH3 is 1. The standard InChI is InChI=1S/C19H19N3O2S/c1-12(18(23)22-14-7-6-8-15(11-14)24-3)25-19-16-9-4-5-10-17(16)20-13(2)21-19/h4-12H,1-3H3,(H,22,23)/t12-/m0/s1. The molecule has 0 radical (unpaired) electrons. The van der Waals surface area contributed by atoms with Gasteiger partial charge in [0.15, 0.2) is 0 Å². The quantitative estimate of drug-likeness (QED) is 0.553. The monoisotopic (exact) mass is 353 g/mol. The molecular weight excluding hydrogens is 334 g/mol. The molecular formula is C19H19N3O2S. The van der Waals surface area contributed by atoms with Crippen LogP contribution in [-0.4, -0.2) is 28.2 Å². The average Bonchev–Trinajstić information content (AvgIpc) is 2.61. The highest BCUT2D eigenvalue weighted by Crippen LogP contribution is 2.29. The molecule has 2 aromatic carbocycles. The fourth-order valence-electron chi connectivity index (χ4n) is 2.41. The minimum Gasteiger partial charge on any atom is -0.497 e. The van der Waals surface area contributed by atoms with Gasteiger partial charge in [-0.05, 0) is 32.0 Å². The molecule has 0 saturated heterocycles. The first kappa shape index (κ1) is 17.2. The molecule has 6 heteroatoms. The lowest BCUT2D eigenvalue weighted by molar-refractivity contribution is -0.115. The number of ether oxygens (including phenoxy) is 1. The van der Waals surface area contributed by atoms with Gasteiger partial charge in [0, 0.05) is 17.1 Å². The average molecular weight is 353 g/mol. The Morgan fingerprint density at radius 2 is 1.96 bits per heavy atom. The first-order valence-electron chi connectivity index (χ1n) is 7.92. The maximum absolute atomic E-state index is 12.5. The maximum Gasteiger partial charge on any atom is 0.237 e. The Morgan fingerprint density at radius 1 is 1.16 bits per heavy atom. The van der Waals surface area contributed by atoms with Crippen molar-refractivity contribution in [2.24, 2.45) is 0 Å². The molecule has 0 aliphatic rings. The summed E-state index contributed by atoms with van der Waals surface area (Å²) < 4.78 is 5.18. The molecule has 0 fully saturated rings. The molecule has 1 heterocycles. The van der Waals surface area contributed by atoms with Gasteiger partial charge in [0.05, 0.1) is 17.9 Å². The summed E-state index contributed by atoms with van der Waals surface area (Å²) in [5, 5.41) is 4.39. The van der Waals surface area contributed by atoms with Crippen LogP contribution in [0.15, 0.2) is 53.6 Å². The third-order valence-corrected chi connectivity index (χ3v) is 4.78. The molecule has 0 bridgehead atoms.